The molecule has 0 heterocycles. The van der Waals surface area contributed by atoms with Crippen molar-refractivity contribution in [3.05, 3.63) is 204 Å². The standard InChI is InChI=1S/C51H34/c1-2-10-33(11-3-1)47-28-34-12-4-5-13-35(34)29-48(47)40-22-24-44-39(27-40)19-18-38-26-36(20-23-43(38)44)37-21-25-46-45-16-8-9-17-49(45)51(50(46)30-37)31-41-14-6-7-15-42(41)32-51/h1-30H,31-32H2. The van der Waals surface area contributed by atoms with Crippen LogP contribution in [0.15, 0.2) is 182 Å². The van der Waals surface area contributed by atoms with E-state index in [0.717, 1.165) is 12.8 Å². The van der Waals surface area contributed by atoms with Gasteiger partial charge in [-0.2, -0.15) is 0 Å². The number of benzene rings is 9. The molecule has 0 N–H and O–H groups in total. The first-order valence-electron chi connectivity index (χ1n) is 18.1. The molecule has 0 saturated heterocycles. The van der Waals surface area contributed by atoms with Gasteiger partial charge in [0.05, 0.1) is 0 Å². The van der Waals surface area contributed by atoms with Crippen LogP contribution in [0, 0.1) is 0 Å². The Hall–Kier alpha value is -6.24. The van der Waals surface area contributed by atoms with Crippen LogP contribution in [0.5, 0.6) is 0 Å². The first-order chi connectivity index (χ1) is 25.2. The third kappa shape index (κ3) is 4.33. The highest BCUT2D eigenvalue weighted by Crippen LogP contribution is 2.56. The van der Waals surface area contributed by atoms with Crippen molar-refractivity contribution in [1.29, 1.82) is 0 Å². The molecule has 238 valence electrons. The maximum atomic E-state index is 2.50. The number of fused-ring (bicyclic) bond motifs is 10. The quantitative estimate of drug-likeness (QED) is 0.168. The molecule has 51 heavy (non-hydrogen) atoms. The van der Waals surface area contributed by atoms with Gasteiger partial charge in [-0.05, 0) is 142 Å². The Balaban J connectivity index is 1.00. The van der Waals surface area contributed by atoms with E-state index in [2.05, 4.69) is 182 Å². The third-order valence-electron chi connectivity index (χ3n) is 11.8. The van der Waals surface area contributed by atoms with Crippen LogP contribution in [0.4, 0.5) is 0 Å². The summed E-state index contributed by atoms with van der Waals surface area (Å²) in [6, 6.07) is 68.2. The molecule has 2 aliphatic rings. The second-order valence-corrected chi connectivity index (χ2v) is 14.6. The fourth-order valence-electron chi connectivity index (χ4n) is 9.39. The van der Waals surface area contributed by atoms with Crippen molar-refractivity contribution in [2.24, 2.45) is 0 Å². The minimum absolute atomic E-state index is 0.00178. The molecule has 0 aliphatic heterocycles. The zero-order valence-electron chi connectivity index (χ0n) is 28.2. The number of hydrogen-bond donors (Lipinski definition) is 0. The zero-order valence-corrected chi connectivity index (χ0v) is 28.2. The summed E-state index contributed by atoms with van der Waals surface area (Å²) in [7, 11) is 0. The molecule has 2 aliphatic carbocycles. The maximum Gasteiger partial charge on any atom is 0.0296 e. The molecule has 0 saturated carbocycles. The van der Waals surface area contributed by atoms with Gasteiger partial charge in [-0.25, -0.2) is 0 Å². The van der Waals surface area contributed by atoms with Crippen LogP contribution in [0.2, 0.25) is 0 Å². The van der Waals surface area contributed by atoms with E-state index >= 15 is 0 Å². The fourth-order valence-corrected chi connectivity index (χ4v) is 9.39. The van der Waals surface area contributed by atoms with Crippen molar-refractivity contribution in [3.63, 3.8) is 0 Å². The molecule has 11 rings (SSSR count). The lowest BCUT2D eigenvalue weighted by Crippen LogP contribution is -2.25. The van der Waals surface area contributed by atoms with Gasteiger partial charge < -0.3 is 0 Å². The van der Waals surface area contributed by atoms with Gasteiger partial charge in [-0.1, -0.05) is 152 Å². The van der Waals surface area contributed by atoms with E-state index in [1.165, 1.54) is 99.1 Å². The van der Waals surface area contributed by atoms with Crippen molar-refractivity contribution in [1.82, 2.24) is 0 Å². The Kier molecular flexibility index (Phi) is 6.10. The van der Waals surface area contributed by atoms with Gasteiger partial charge in [-0.15, -0.1) is 0 Å². The highest BCUT2D eigenvalue weighted by atomic mass is 14.5. The van der Waals surface area contributed by atoms with Gasteiger partial charge in [0.2, 0.25) is 0 Å². The molecule has 1 spiro atoms. The lowest BCUT2D eigenvalue weighted by atomic mass is 9.75. The van der Waals surface area contributed by atoms with E-state index in [4.69, 9.17) is 0 Å². The molecule has 0 nitrogen and oxygen atoms in total. The fraction of sp³-hybridized carbons (Fsp3) is 0.0588. The highest BCUT2D eigenvalue weighted by Gasteiger charge is 2.46. The van der Waals surface area contributed by atoms with Crippen LogP contribution in [0.25, 0.3) is 76.8 Å². The average Bonchev–Trinajstić information content (AvgIpc) is 3.72. The van der Waals surface area contributed by atoms with Gasteiger partial charge in [0.25, 0.3) is 0 Å². The van der Waals surface area contributed by atoms with Gasteiger partial charge in [0.1, 0.15) is 0 Å². The zero-order chi connectivity index (χ0) is 33.5. The van der Waals surface area contributed by atoms with E-state index in [9.17, 15) is 0 Å². The molecule has 9 aromatic carbocycles. The van der Waals surface area contributed by atoms with Gasteiger partial charge >= 0.3 is 0 Å². The number of hydrogen-bond acceptors (Lipinski definition) is 0. The van der Waals surface area contributed by atoms with Crippen molar-refractivity contribution in [3.8, 4) is 44.5 Å². The first-order valence-corrected chi connectivity index (χ1v) is 18.1. The monoisotopic (exact) mass is 646 g/mol. The van der Waals surface area contributed by atoms with Crippen LogP contribution in [-0.4, -0.2) is 0 Å². The smallest absolute Gasteiger partial charge is 0.0296 e. The predicted octanol–water partition coefficient (Wildman–Crippen LogP) is 13.2. The lowest BCUT2D eigenvalue weighted by Gasteiger charge is -2.27. The summed E-state index contributed by atoms with van der Waals surface area (Å²) in [4.78, 5) is 0. The van der Waals surface area contributed by atoms with E-state index in [1.807, 2.05) is 0 Å². The Morgan fingerprint density at radius 3 is 1.55 bits per heavy atom. The van der Waals surface area contributed by atoms with Crippen molar-refractivity contribution >= 4 is 32.3 Å². The van der Waals surface area contributed by atoms with Crippen molar-refractivity contribution in [2.45, 2.75) is 18.3 Å². The highest BCUT2D eigenvalue weighted by molar-refractivity contribution is 6.10. The van der Waals surface area contributed by atoms with E-state index in [0.29, 0.717) is 0 Å². The second kappa shape index (κ2) is 10.9. The van der Waals surface area contributed by atoms with Gasteiger partial charge in [-0.3, -0.25) is 0 Å². The topological polar surface area (TPSA) is 0 Å². The summed E-state index contributed by atoms with van der Waals surface area (Å²) in [6.07, 6.45) is 2.13. The predicted molar refractivity (Wildman–Crippen MR) is 215 cm³/mol. The molecule has 0 bridgehead atoms. The first kappa shape index (κ1) is 28.6. The van der Waals surface area contributed by atoms with E-state index in [-0.39, 0.29) is 5.41 Å². The summed E-state index contributed by atoms with van der Waals surface area (Å²) in [6.45, 7) is 0. The largest absolute Gasteiger partial charge is 0.0622 e. The molecule has 0 fully saturated rings. The van der Waals surface area contributed by atoms with E-state index < -0.39 is 0 Å². The molecule has 0 aromatic heterocycles. The molecule has 0 unspecified atom stereocenters. The molecule has 9 aromatic rings. The van der Waals surface area contributed by atoms with Gasteiger partial charge in [0.15, 0.2) is 0 Å². The Bertz CT molecular complexity index is 2830. The van der Waals surface area contributed by atoms with Crippen LogP contribution < -0.4 is 0 Å². The summed E-state index contributed by atoms with van der Waals surface area (Å²) in [5.41, 5.74) is 16.3. The minimum Gasteiger partial charge on any atom is -0.0622 e. The van der Waals surface area contributed by atoms with Gasteiger partial charge in [0, 0.05) is 5.41 Å². The maximum absolute atomic E-state index is 2.50. The van der Waals surface area contributed by atoms with Crippen molar-refractivity contribution < 1.29 is 0 Å². The number of rotatable bonds is 3. The third-order valence-corrected chi connectivity index (χ3v) is 11.8. The van der Waals surface area contributed by atoms with Crippen molar-refractivity contribution in [2.75, 3.05) is 0 Å². The average molecular weight is 647 g/mol. The Morgan fingerprint density at radius 1 is 0.294 bits per heavy atom. The van der Waals surface area contributed by atoms with Crippen LogP contribution in [0.1, 0.15) is 22.3 Å². The van der Waals surface area contributed by atoms with Crippen LogP contribution >= 0.6 is 0 Å². The normalized spacial score (nSPS) is 13.9. The summed E-state index contributed by atoms with van der Waals surface area (Å²) >= 11 is 0. The van der Waals surface area contributed by atoms with Crippen LogP contribution in [0.3, 0.4) is 0 Å². The minimum atomic E-state index is 0.00178. The Morgan fingerprint density at radius 2 is 0.824 bits per heavy atom. The summed E-state index contributed by atoms with van der Waals surface area (Å²) < 4.78 is 0. The molecular weight excluding hydrogens is 613 g/mol. The molecule has 0 radical (unpaired) electrons. The molecular formula is C51H34. The summed E-state index contributed by atoms with van der Waals surface area (Å²) in [5.74, 6) is 0. The van der Waals surface area contributed by atoms with Crippen LogP contribution in [-0.2, 0) is 18.3 Å². The molecule has 0 amide bonds. The summed E-state index contributed by atoms with van der Waals surface area (Å²) in [5, 5.41) is 7.64. The Labute approximate surface area is 298 Å². The van der Waals surface area contributed by atoms with E-state index in [1.54, 1.807) is 0 Å². The molecule has 0 atom stereocenters. The molecule has 0 heteroatoms. The second-order valence-electron chi connectivity index (χ2n) is 14.6. The SMILES string of the molecule is c1ccc(-c2cc3ccccc3cc2-c2ccc3c(ccc4cc(-c5ccc6c(c5)C5(Cc7ccccc7C5)c5ccccc5-6)ccc43)c2)cc1. The lowest BCUT2D eigenvalue weighted by molar-refractivity contribution is 0.564.